The van der Waals surface area contributed by atoms with Gasteiger partial charge in [0.15, 0.2) is 5.06 Å². The number of hydrogen-bond acceptors (Lipinski definition) is 4. The zero-order valence-electron chi connectivity index (χ0n) is 14.0. The van der Waals surface area contributed by atoms with Crippen molar-refractivity contribution < 1.29 is 14.3 Å². The number of carbonyl (C=O) groups is 1. The Morgan fingerprint density at radius 2 is 2.12 bits per heavy atom. The molecule has 1 aromatic carbocycles. The van der Waals surface area contributed by atoms with Crippen LogP contribution in [-0.2, 0) is 9.47 Å². The molecule has 0 N–H and O–H groups in total. The molecule has 0 spiro atoms. The smallest absolute Gasteiger partial charge is 0.434 e. The molecule has 3 rings (SSSR count). The first-order valence-electron chi connectivity index (χ1n) is 8.23. The van der Waals surface area contributed by atoms with Crippen molar-refractivity contribution in [3.05, 3.63) is 53.6 Å². The third kappa shape index (κ3) is 5.21. The van der Waals surface area contributed by atoms with Gasteiger partial charge in [-0.15, -0.1) is 11.8 Å². The van der Waals surface area contributed by atoms with Crippen molar-refractivity contribution in [2.45, 2.75) is 29.7 Å². The first-order valence-corrected chi connectivity index (χ1v) is 9.60. The standard InChI is InChI=1S/C19H20ClNO3S/c1-14-4-6-16(7-5-14)25-11-3-2-10-24-19(20)9-8-17-15(12-19)13-23-18(22)21-17/h4-9,12H,2-3,10-11,13H2,1H3. The molecule has 0 radical (unpaired) electrons. The molecule has 6 heteroatoms. The summed E-state index contributed by atoms with van der Waals surface area (Å²) in [6.45, 7) is 2.85. The van der Waals surface area contributed by atoms with Crippen LogP contribution in [0.5, 0.6) is 0 Å². The van der Waals surface area contributed by atoms with Crippen molar-refractivity contribution in [3.8, 4) is 0 Å². The van der Waals surface area contributed by atoms with Gasteiger partial charge in [-0.3, -0.25) is 0 Å². The molecule has 0 saturated heterocycles. The van der Waals surface area contributed by atoms with Crippen molar-refractivity contribution in [3.63, 3.8) is 0 Å². The van der Waals surface area contributed by atoms with E-state index in [0.717, 1.165) is 24.2 Å². The molecule has 0 bridgehead atoms. The number of unbranched alkanes of at least 4 members (excludes halogenated alkanes) is 1. The van der Waals surface area contributed by atoms with Gasteiger partial charge in [0.25, 0.3) is 0 Å². The Hall–Kier alpha value is -1.56. The molecule has 1 atom stereocenters. The minimum Gasteiger partial charge on any atom is -0.443 e. The molecule has 1 aromatic rings. The number of nitrogens with zero attached hydrogens (tertiary/aromatic N) is 1. The zero-order valence-corrected chi connectivity index (χ0v) is 15.6. The lowest BCUT2D eigenvalue weighted by Gasteiger charge is -2.26. The van der Waals surface area contributed by atoms with E-state index in [0.29, 0.717) is 12.3 Å². The molecule has 132 valence electrons. The number of rotatable bonds is 7. The van der Waals surface area contributed by atoms with Gasteiger partial charge in [-0.2, -0.15) is 4.99 Å². The molecular formula is C19H20ClNO3S. The van der Waals surface area contributed by atoms with Crippen LogP contribution in [0.3, 0.4) is 0 Å². The molecule has 0 fully saturated rings. The van der Waals surface area contributed by atoms with Crippen molar-refractivity contribution in [2.75, 3.05) is 19.0 Å². The van der Waals surface area contributed by atoms with E-state index in [-0.39, 0.29) is 6.61 Å². The van der Waals surface area contributed by atoms with Crippen molar-refractivity contribution in [1.29, 1.82) is 0 Å². The third-order valence-corrected chi connectivity index (χ3v) is 5.33. The number of benzene rings is 1. The lowest BCUT2D eigenvalue weighted by molar-refractivity contribution is 0.0824. The van der Waals surface area contributed by atoms with Crippen LogP contribution < -0.4 is 0 Å². The Morgan fingerprint density at radius 3 is 2.92 bits per heavy atom. The first kappa shape index (κ1) is 18.2. The van der Waals surface area contributed by atoms with E-state index < -0.39 is 11.2 Å². The molecule has 1 aliphatic carbocycles. The summed E-state index contributed by atoms with van der Waals surface area (Å²) in [6, 6.07) is 8.57. The van der Waals surface area contributed by atoms with Gasteiger partial charge in [-0.25, -0.2) is 4.79 Å². The average Bonchev–Trinajstić information content (AvgIpc) is 2.60. The summed E-state index contributed by atoms with van der Waals surface area (Å²) in [6.07, 6.45) is 6.62. The van der Waals surface area contributed by atoms with Gasteiger partial charge in [0.2, 0.25) is 0 Å². The minimum atomic E-state index is -0.984. The van der Waals surface area contributed by atoms with E-state index in [1.807, 2.05) is 11.8 Å². The molecule has 25 heavy (non-hydrogen) atoms. The lowest BCUT2D eigenvalue weighted by atomic mass is 10.0. The summed E-state index contributed by atoms with van der Waals surface area (Å²) in [5.74, 6) is 1.05. The van der Waals surface area contributed by atoms with Gasteiger partial charge >= 0.3 is 6.09 Å². The number of cyclic esters (lactones) is 1. The highest BCUT2D eigenvalue weighted by Gasteiger charge is 2.30. The SMILES string of the molecule is Cc1ccc(SCCCCOC2(Cl)C=CC3=NC(=O)OCC3=C2)cc1. The topological polar surface area (TPSA) is 47.9 Å². The van der Waals surface area contributed by atoms with E-state index in [9.17, 15) is 4.79 Å². The molecule has 1 heterocycles. The molecule has 1 unspecified atom stereocenters. The number of thioether (sulfide) groups is 1. The van der Waals surface area contributed by atoms with Gasteiger partial charge < -0.3 is 9.47 Å². The first-order chi connectivity index (χ1) is 12.0. The van der Waals surface area contributed by atoms with Gasteiger partial charge in [-0.05, 0) is 55.9 Å². The lowest BCUT2D eigenvalue weighted by Crippen LogP contribution is -2.29. The van der Waals surface area contributed by atoms with Crippen LogP contribution in [0.15, 0.2) is 58.0 Å². The number of aliphatic imine (C=N–C) groups is 1. The van der Waals surface area contributed by atoms with Gasteiger partial charge in [-0.1, -0.05) is 29.3 Å². The quantitative estimate of drug-likeness (QED) is 0.385. The molecule has 1 aliphatic heterocycles. The fraction of sp³-hybridized carbons (Fsp3) is 0.368. The van der Waals surface area contributed by atoms with Gasteiger partial charge in [0.05, 0.1) is 5.71 Å². The minimum absolute atomic E-state index is 0.188. The second kappa shape index (κ2) is 8.21. The Kier molecular flexibility index (Phi) is 5.99. The van der Waals surface area contributed by atoms with Crippen LogP contribution >= 0.6 is 23.4 Å². The molecule has 1 amide bonds. The Balaban J connectivity index is 1.39. The van der Waals surface area contributed by atoms with Crippen molar-refractivity contribution in [1.82, 2.24) is 0 Å². The Morgan fingerprint density at radius 1 is 1.32 bits per heavy atom. The number of halogens is 1. The Bertz CT molecular complexity index is 727. The Labute approximate surface area is 156 Å². The van der Waals surface area contributed by atoms with E-state index in [2.05, 4.69) is 36.2 Å². The predicted octanol–water partition coefficient (Wildman–Crippen LogP) is 4.91. The van der Waals surface area contributed by atoms with E-state index in [1.54, 1.807) is 18.2 Å². The fourth-order valence-corrected chi connectivity index (χ4v) is 3.69. The van der Waals surface area contributed by atoms with Crippen molar-refractivity contribution >= 4 is 35.2 Å². The number of alkyl halides is 1. The van der Waals surface area contributed by atoms with Crippen LogP contribution in [-0.4, -0.2) is 35.8 Å². The van der Waals surface area contributed by atoms with Crippen LogP contribution in [0.1, 0.15) is 18.4 Å². The van der Waals surface area contributed by atoms with Gasteiger partial charge in [0.1, 0.15) is 6.61 Å². The molecule has 2 aliphatic rings. The number of ether oxygens (including phenoxy) is 2. The third-order valence-electron chi connectivity index (χ3n) is 3.88. The highest BCUT2D eigenvalue weighted by atomic mass is 35.5. The largest absolute Gasteiger partial charge is 0.443 e. The fourth-order valence-electron chi connectivity index (χ4n) is 2.50. The maximum Gasteiger partial charge on any atom is 0.434 e. The zero-order chi connectivity index (χ0) is 17.7. The van der Waals surface area contributed by atoms with Crippen LogP contribution in [0, 0.1) is 6.92 Å². The number of amides is 1. The molecule has 4 nitrogen and oxygen atoms in total. The number of hydrogen-bond donors (Lipinski definition) is 0. The summed E-state index contributed by atoms with van der Waals surface area (Å²) in [4.78, 5) is 16.2. The number of allylic oxidation sites excluding steroid dienone is 1. The number of aryl methyl sites for hydroxylation is 1. The highest BCUT2D eigenvalue weighted by Crippen LogP contribution is 2.29. The summed E-state index contributed by atoms with van der Waals surface area (Å²) in [5.41, 5.74) is 2.67. The average molecular weight is 378 g/mol. The molecule has 0 saturated carbocycles. The second-order valence-electron chi connectivity index (χ2n) is 5.97. The maximum absolute atomic E-state index is 11.1. The van der Waals surface area contributed by atoms with E-state index in [4.69, 9.17) is 21.1 Å². The summed E-state index contributed by atoms with van der Waals surface area (Å²) in [5, 5.41) is -0.984. The number of carbonyl (C=O) groups excluding carboxylic acids is 1. The van der Waals surface area contributed by atoms with Gasteiger partial charge in [0, 0.05) is 17.1 Å². The molecule has 0 aromatic heterocycles. The van der Waals surface area contributed by atoms with E-state index >= 15 is 0 Å². The van der Waals surface area contributed by atoms with Crippen LogP contribution in [0.25, 0.3) is 0 Å². The molecular weight excluding hydrogens is 358 g/mol. The van der Waals surface area contributed by atoms with Crippen LogP contribution in [0.4, 0.5) is 4.79 Å². The van der Waals surface area contributed by atoms with E-state index in [1.165, 1.54) is 10.5 Å². The summed E-state index contributed by atoms with van der Waals surface area (Å²) < 4.78 is 10.7. The normalized spacial score (nSPS) is 22.1. The maximum atomic E-state index is 11.1. The predicted molar refractivity (Wildman–Crippen MR) is 102 cm³/mol. The summed E-state index contributed by atoms with van der Waals surface area (Å²) in [7, 11) is 0. The number of fused-ring (bicyclic) bond motifs is 1. The van der Waals surface area contributed by atoms with Crippen molar-refractivity contribution in [2.24, 2.45) is 4.99 Å². The highest BCUT2D eigenvalue weighted by molar-refractivity contribution is 7.99. The second-order valence-corrected chi connectivity index (χ2v) is 7.73. The monoisotopic (exact) mass is 377 g/mol. The summed E-state index contributed by atoms with van der Waals surface area (Å²) >= 11 is 8.32. The van der Waals surface area contributed by atoms with Crippen LogP contribution in [0.2, 0.25) is 0 Å².